The van der Waals surface area contributed by atoms with Crippen LogP contribution in [0.2, 0.25) is 0 Å². The Balaban J connectivity index is 1.39. The van der Waals surface area contributed by atoms with Gasteiger partial charge in [0.15, 0.2) is 0 Å². The maximum atomic E-state index is 14.5. The number of amides is 1. The van der Waals surface area contributed by atoms with Crippen LogP contribution in [0.25, 0.3) is 10.9 Å². The topological polar surface area (TPSA) is 58.1 Å². The Morgan fingerprint density at radius 2 is 1.37 bits per heavy atom. The van der Waals surface area contributed by atoms with Gasteiger partial charge in [0.1, 0.15) is 34.9 Å². The number of para-hydroxylation sites is 1. The van der Waals surface area contributed by atoms with E-state index in [2.05, 4.69) is 84.9 Å². The van der Waals surface area contributed by atoms with Crippen molar-refractivity contribution in [3.05, 3.63) is 119 Å². The zero-order chi connectivity index (χ0) is 31.8. The van der Waals surface area contributed by atoms with Gasteiger partial charge in [-0.3, -0.25) is 9.78 Å². The van der Waals surface area contributed by atoms with Gasteiger partial charge in [-0.2, -0.15) is 0 Å². The molecular formula is C39H40N4O3. The Hall–Kier alpha value is -5.04. The molecule has 0 saturated heterocycles. The first kappa shape index (κ1) is 29.7. The fraction of sp³-hybridized carbons (Fsp3) is 0.282. The summed E-state index contributed by atoms with van der Waals surface area (Å²) in [6, 6.07) is 30.8. The molecule has 1 spiro atoms. The standard InChI is InChI=1S/C39H40N4O3/c1-5-41(6-2)28-18-20-32-35(25-28)46-36-26-29(42(7-3)8-4)19-21-33(36)39(32)31-16-10-9-15-30(31)38(44)43(39)23-24-45-34-17-11-13-27-14-12-22-40-37(27)34/h9-22,25-26H,5-8,23-24H2,1-4H3. The van der Waals surface area contributed by atoms with Crippen molar-refractivity contribution in [2.24, 2.45) is 0 Å². The average Bonchev–Trinajstić information content (AvgIpc) is 3.33. The molecule has 7 heteroatoms. The molecule has 7 nitrogen and oxygen atoms in total. The second kappa shape index (κ2) is 12.0. The summed E-state index contributed by atoms with van der Waals surface area (Å²) >= 11 is 0. The highest BCUT2D eigenvalue weighted by atomic mass is 16.5. The molecule has 0 N–H and O–H groups in total. The first-order chi connectivity index (χ1) is 22.5. The molecule has 1 amide bonds. The van der Waals surface area contributed by atoms with Crippen LogP contribution in [0, 0.1) is 0 Å². The normalized spacial score (nSPS) is 14.1. The molecule has 0 saturated carbocycles. The summed E-state index contributed by atoms with van der Waals surface area (Å²) in [5.41, 5.74) is 5.69. The van der Waals surface area contributed by atoms with Crippen LogP contribution in [0.1, 0.15) is 54.7 Å². The van der Waals surface area contributed by atoms with E-state index < -0.39 is 5.54 Å². The van der Waals surface area contributed by atoms with Crippen molar-refractivity contribution < 1.29 is 14.3 Å². The molecule has 0 bridgehead atoms. The maximum Gasteiger partial charge on any atom is 0.255 e. The number of carbonyl (C=O) groups excluding carboxylic acids is 1. The lowest BCUT2D eigenvalue weighted by molar-refractivity contribution is 0.0628. The lowest BCUT2D eigenvalue weighted by atomic mass is 9.74. The van der Waals surface area contributed by atoms with E-state index in [1.54, 1.807) is 6.20 Å². The Labute approximate surface area is 271 Å². The summed E-state index contributed by atoms with van der Waals surface area (Å²) in [6.07, 6.45) is 1.78. The van der Waals surface area contributed by atoms with Gasteiger partial charge in [-0.05, 0) is 63.6 Å². The van der Waals surface area contributed by atoms with E-state index in [9.17, 15) is 4.79 Å². The van der Waals surface area contributed by atoms with Crippen molar-refractivity contribution in [1.82, 2.24) is 9.88 Å². The van der Waals surface area contributed by atoms with Gasteiger partial charge >= 0.3 is 0 Å². The second-order valence-corrected chi connectivity index (χ2v) is 11.7. The summed E-state index contributed by atoms with van der Waals surface area (Å²) in [4.78, 5) is 25.7. The molecule has 1 aromatic heterocycles. The van der Waals surface area contributed by atoms with Crippen LogP contribution in [-0.2, 0) is 5.54 Å². The molecule has 0 radical (unpaired) electrons. The summed E-state index contributed by atoms with van der Waals surface area (Å²) in [6.45, 7) is 12.9. The van der Waals surface area contributed by atoms with E-state index in [-0.39, 0.29) is 5.91 Å². The van der Waals surface area contributed by atoms with Crippen LogP contribution in [0.4, 0.5) is 11.4 Å². The van der Waals surface area contributed by atoms with Gasteiger partial charge in [0.2, 0.25) is 0 Å². The summed E-state index contributed by atoms with van der Waals surface area (Å²) in [5.74, 6) is 2.22. The number of hydrogen-bond donors (Lipinski definition) is 0. The Morgan fingerprint density at radius 1 is 0.739 bits per heavy atom. The molecule has 2 aliphatic rings. The van der Waals surface area contributed by atoms with Crippen molar-refractivity contribution in [3.8, 4) is 17.2 Å². The van der Waals surface area contributed by atoms with Crippen LogP contribution < -0.4 is 19.3 Å². The number of ether oxygens (including phenoxy) is 2. The number of hydrogen-bond acceptors (Lipinski definition) is 6. The molecule has 3 heterocycles. The Morgan fingerprint density at radius 3 is 2.02 bits per heavy atom. The average molecular weight is 613 g/mol. The third kappa shape index (κ3) is 4.56. The molecular weight excluding hydrogens is 572 g/mol. The van der Waals surface area contributed by atoms with Crippen molar-refractivity contribution in [3.63, 3.8) is 0 Å². The number of anilines is 2. The van der Waals surface area contributed by atoms with Crippen molar-refractivity contribution in [2.75, 3.05) is 49.1 Å². The quantitative estimate of drug-likeness (QED) is 0.160. The third-order valence-corrected chi connectivity index (χ3v) is 9.55. The first-order valence-corrected chi connectivity index (χ1v) is 16.4. The fourth-order valence-electron chi connectivity index (χ4n) is 7.34. The summed E-state index contributed by atoms with van der Waals surface area (Å²) in [5, 5.41) is 1.02. The molecule has 46 heavy (non-hydrogen) atoms. The van der Waals surface area contributed by atoms with Crippen molar-refractivity contribution >= 4 is 28.2 Å². The third-order valence-electron chi connectivity index (χ3n) is 9.55. The van der Waals surface area contributed by atoms with Gasteiger partial charge in [-0.25, -0.2) is 0 Å². The molecule has 0 atom stereocenters. The van der Waals surface area contributed by atoms with Gasteiger partial charge in [-0.15, -0.1) is 0 Å². The number of nitrogens with zero attached hydrogens (tertiary/aromatic N) is 4. The van der Waals surface area contributed by atoms with Crippen LogP contribution >= 0.6 is 0 Å². The van der Waals surface area contributed by atoms with Gasteiger partial charge in [0.05, 0.1) is 6.54 Å². The molecule has 0 fully saturated rings. The highest BCUT2D eigenvalue weighted by Gasteiger charge is 2.56. The zero-order valence-electron chi connectivity index (χ0n) is 27.0. The van der Waals surface area contributed by atoms with Crippen LogP contribution in [-0.4, -0.2) is 55.1 Å². The van der Waals surface area contributed by atoms with Crippen LogP contribution in [0.3, 0.4) is 0 Å². The van der Waals surface area contributed by atoms with E-state index in [0.717, 1.165) is 76.6 Å². The number of rotatable bonds is 10. The van der Waals surface area contributed by atoms with E-state index >= 15 is 0 Å². The summed E-state index contributed by atoms with van der Waals surface area (Å²) in [7, 11) is 0. The molecule has 0 unspecified atom stereocenters. The number of pyridine rings is 1. The predicted octanol–water partition coefficient (Wildman–Crippen LogP) is 7.86. The largest absolute Gasteiger partial charge is 0.489 e. The molecule has 5 aromatic rings. The van der Waals surface area contributed by atoms with Crippen LogP contribution in [0.15, 0.2) is 97.2 Å². The van der Waals surface area contributed by atoms with Crippen LogP contribution in [0.5, 0.6) is 17.2 Å². The first-order valence-electron chi connectivity index (χ1n) is 16.4. The minimum Gasteiger partial charge on any atom is -0.489 e. The number of fused-ring (bicyclic) bond motifs is 7. The van der Waals surface area contributed by atoms with Gasteiger partial charge in [0.25, 0.3) is 5.91 Å². The number of benzene rings is 4. The summed E-state index contributed by atoms with van der Waals surface area (Å²) < 4.78 is 13.2. The lowest BCUT2D eigenvalue weighted by Crippen LogP contribution is -2.49. The SMILES string of the molecule is CCN(CC)c1ccc2c(c1)Oc1cc(N(CC)CC)ccc1C21c2ccccc2C(=O)N1CCOc1cccc2cccnc12. The fourth-order valence-corrected chi connectivity index (χ4v) is 7.34. The molecule has 7 rings (SSSR count). The second-order valence-electron chi connectivity index (χ2n) is 11.7. The van der Waals surface area contributed by atoms with Gasteiger partial charge < -0.3 is 24.2 Å². The minimum absolute atomic E-state index is 0.0188. The predicted molar refractivity (Wildman–Crippen MR) is 185 cm³/mol. The number of carbonyl (C=O) groups is 1. The lowest BCUT2D eigenvalue weighted by Gasteiger charge is -2.44. The van der Waals surface area contributed by atoms with Gasteiger partial charge in [0, 0.05) is 78.0 Å². The van der Waals surface area contributed by atoms with Crippen molar-refractivity contribution in [1.29, 1.82) is 0 Å². The van der Waals surface area contributed by atoms with E-state index in [1.807, 2.05) is 53.4 Å². The zero-order valence-corrected chi connectivity index (χ0v) is 27.0. The smallest absolute Gasteiger partial charge is 0.255 e. The maximum absolute atomic E-state index is 14.5. The molecule has 2 aliphatic heterocycles. The molecule has 4 aromatic carbocycles. The highest BCUT2D eigenvalue weighted by Crippen LogP contribution is 2.58. The van der Waals surface area contributed by atoms with E-state index in [4.69, 9.17) is 9.47 Å². The molecule has 234 valence electrons. The van der Waals surface area contributed by atoms with E-state index in [0.29, 0.717) is 24.5 Å². The molecule has 0 aliphatic carbocycles. The highest BCUT2D eigenvalue weighted by molar-refractivity contribution is 6.02. The monoisotopic (exact) mass is 612 g/mol. The minimum atomic E-state index is -0.888. The Kier molecular flexibility index (Phi) is 7.77. The van der Waals surface area contributed by atoms with Crippen molar-refractivity contribution in [2.45, 2.75) is 33.2 Å². The van der Waals surface area contributed by atoms with E-state index in [1.165, 1.54) is 0 Å². The Bertz CT molecular complexity index is 1850. The number of aromatic nitrogens is 1. The van der Waals surface area contributed by atoms with Gasteiger partial charge in [-0.1, -0.05) is 48.5 Å².